The second-order valence-corrected chi connectivity index (χ2v) is 12.6. The summed E-state index contributed by atoms with van der Waals surface area (Å²) in [6.07, 6.45) is -3.29. The molecule has 45 heavy (non-hydrogen) atoms. The Labute approximate surface area is 261 Å². The van der Waals surface area contributed by atoms with Gasteiger partial charge in [-0.25, -0.2) is 4.68 Å². The molecule has 0 fully saturated rings. The van der Waals surface area contributed by atoms with Crippen LogP contribution in [0.2, 0.25) is 0 Å². The van der Waals surface area contributed by atoms with Gasteiger partial charge in [-0.05, 0) is 74.1 Å². The first-order valence-corrected chi connectivity index (χ1v) is 15.1. The van der Waals surface area contributed by atoms with E-state index in [1.807, 2.05) is 40.8 Å². The van der Waals surface area contributed by atoms with E-state index >= 15 is 0 Å². The molecule has 9 nitrogen and oxygen atoms in total. The van der Waals surface area contributed by atoms with Crippen molar-refractivity contribution in [1.29, 1.82) is 0 Å². The molecule has 4 aromatic rings. The predicted octanol–water partition coefficient (Wildman–Crippen LogP) is 6.41. The van der Waals surface area contributed by atoms with Gasteiger partial charge in [-0.2, -0.15) is 0 Å². The summed E-state index contributed by atoms with van der Waals surface area (Å²) in [5.41, 5.74) is 6.63. The highest BCUT2D eigenvalue weighted by molar-refractivity contribution is 5.82. The zero-order valence-corrected chi connectivity index (χ0v) is 26.6. The highest BCUT2D eigenvalue weighted by atomic mass is 19.3. The van der Waals surface area contributed by atoms with E-state index in [-0.39, 0.29) is 29.5 Å². The number of esters is 1. The summed E-state index contributed by atoms with van der Waals surface area (Å²) in [7, 11) is 3.27. The van der Waals surface area contributed by atoms with Crippen molar-refractivity contribution in [3.05, 3.63) is 75.8 Å². The number of halogens is 2. The van der Waals surface area contributed by atoms with Crippen LogP contribution in [0.25, 0.3) is 11.0 Å². The van der Waals surface area contributed by atoms with E-state index in [9.17, 15) is 13.6 Å². The Bertz CT molecular complexity index is 1790. The van der Waals surface area contributed by atoms with Crippen LogP contribution in [-0.4, -0.2) is 51.9 Å². The first kappa shape index (κ1) is 30.8. The molecule has 2 aliphatic heterocycles. The molecule has 3 aromatic carbocycles. The van der Waals surface area contributed by atoms with Crippen molar-refractivity contribution in [2.45, 2.75) is 72.4 Å². The summed E-state index contributed by atoms with van der Waals surface area (Å²) in [6.45, 7) is 11.5. The third-order valence-corrected chi connectivity index (χ3v) is 9.13. The number of hydrogen-bond acceptors (Lipinski definition) is 8. The first-order valence-electron chi connectivity index (χ1n) is 15.1. The predicted molar refractivity (Wildman–Crippen MR) is 164 cm³/mol. The van der Waals surface area contributed by atoms with Gasteiger partial charge in [0.15, 0.2) is 11.5 Å². The minimum absolute atomic E-state index is 0.0279. The zero-order valence-electron chi connectivity index (χ0n) is 26.6. The molecule has 2 aliphatic rings. The second kappa shape index (κ2) is 11.3. The van der Waals surface area contributed by atoms with E-state index in [0.717, 1.165) is 44.4 Å². The van der Waals surface area contributed by atoms with Crippen LogP contribution >= 0.6 is 0 Å². The number of nitrogens with zero attached hydrogens (tertiary/aromatic N) is 4. The Kier molecular flexibility index (Phi) is 7.71. The lowest BCUT2D eigenvalue weighted by Crippen LogP contribution is -2.34. The molecule has 0 bridgehead atoms. The van der Waals surface area contributed by atoms with Crippen LogP contribution < -0.4 is 14.2 Å². The Morgan fingerprint density at radius 1 is 1.13 bits per heavy atom. The fourth-order valence-electron chi connectivity index (χ4n) is 6.62. The Hall–Kier alpha value is -4.25. The SMILES string of the molecule is CC[C@@H]1CN(Cc2cc(C(c3ccc4c(nnn4C)c3C)C(C)(C)C(=O)OC)ccc2C)Cc2ccc3c(c2O1)OC(F)(F)O3. The number of methoxy groups -OCH3 is 1. The largest absolute Gasteiger partial charge is 0.586 e. The average molecular weight is 621 g/mol. The first-order chi connectivity index (χ1) is 21.3. The number of ether oxygens (including phenoxy) is 4. The third kappa shape index (κ3) is 5.47. The lowest BCUT2D eigenvalue weighted by atomic mass is 9.69. The number of alkyl halides is 2. The number of fused-ring (bicyclic) bond motifs is 4. The van der Waals surface area contributed by atoms with Crippen LogP contribution in [-0.2, 0) is 29.7 Å². The summed E-state index contributed by atoms with van der Waals surface area (Å²) < 4.78 is 50.7. The minimum Gasteiger partial charge on any atom is -0.485 e. The summed E-state index contributed by atoms with van der Waals surface area (Å²) in [6, 6.07) is 13.6. The van der Waals surface area contributed by atoms with Crippen LogP contribution in [0.4, 0.5) is 8.78 Å². The molecule has 2 atom stereocenters. The van der Waals surface area contributed by atoms with E-state index in [4.69, 9.17) is 14.2 Å². The number of aryl methyl sites for hydroxylation is 3. The maximum absolute atomic E-state index is 13.9. The van der Waals surface area contributed by atoms with Gasteiger partial charge in [-0.15, -0.1) is 13.9 Å². The maximum Gasteiger partial charge on any atom is 0.586 e. The standard InChI is InChI=1S/C34H38F2N4O5/c1-8-24-18-40(16-22-11-14-27-31(30(22)43-24)45-34(35,36)44-27)17-23-15-21(10-9-19(23)2)28(33(4,5)32(41)42-7)25-12-13-26-29(20(25)3)37-38-39(26)6/h9-15,24,28H,8,16-18H2,1-7H3/t24-,28?/m1/s1. The lowest BCUT2D eigenvalue weighted by molar-refractivity contribution is -0.287. The molecule has 0 aliphatic carbocycles. The van der Waals surface area contributed by atoms with Crippen molar-refractivity contribution in [1.82, 2.24) is 19.9 Å². The molecular formula is C34H38F2N4O5. The molecule has 0 saturated heterocycles. The van der Waals surface area contributed by atoms with Crippen molar-refractivity contribution in [2.75, 3.05) is 13.7 Å². The molecule has 0 amide bonds. The van der Waals surface area contributed by atoms with Gasteiger partial charge >= 0.3 is 12.3 Å². The topological polar surface area (TPSA) is 87.9 Å². The van der Waals surface area contributed by atoms with E-state index in [0.29, 0.717) is 31.8 Å². The van der Waals surface area contributed by atoms with Gasteiger partial charge in [0, 0.05) is 38.2 Å². The molecule has 6 rings (SSSR count). The number of aromatic nitrogens is 3. The number of rotatable bonds is 7. The van der Waals surface area contributed by atoms with E-state index in [2.05, 4.69) is 51.1 Å². The quantitative estimate of drug-likeness (QED) is 0.219. The summed E-state index contributed by atoms with van der Waals surface area (Å²) in [5, 5.41) is 8.61. The van der Waals surface area contributed by atoms with Crippen molar-refractivity contribution in [3.8, 4) is 17.2 Å². The van der Waals surface area contributed by atoms with Crippen LogP contribution in [0.1, 0.15) is 66.5 Å². The fourth-order valence-corrected chi connectivity index (χ4v) is 6.62. The summed E-state index contributed by atoms with van der Waals surface area (Å²) in [4.78, 5) is 15.5. The molecule has 238 valence electrons. The van der Waals surface area contributed by atoms with Crippen LogP contribution in [0, 0.1) is 19.3 Å². The highest BCUT2D eigenvalue weighted by Gasteiger charge is 2.46. The molecule has 0 saturated carbocycles. The highest BCUT2D eigenvalue weighted by Crippen LogP contribution is 2.50. The molecule has 0 radical (unpaired) electrons. The zero-order chi connectivity index (χ0) is 32.3. The smallest absolute Gasteiger partial charge is 0.485 e. The number of carbonyl (C=O) groups is 1. The van der Waals surface area contributed by atoms with Gasteiger partial charge < -0.3 is 18.9 Å². The normalized spacial score (nSPS) is 18.3. The van der Waals surface area contributed by atoms with E-state index < -0.39 is 11.7 Å². The lowest BCUT2D eigenvalue weighted by Gasteiger charge is -2.34. The molecular weight excluding hydrogens is 582 g/mol. The number of benzene rings is 3. The van der Waals surface area contributed by atoms with Crippen molar-refractivity contribution >= 4 is 17.0 Å². The number of carbonyl (C=O) groups excluding carboxylic acids is 1. The van der Waals surface area contributed by atoms with Gasteiger partial charge in [0.25, 0.3) is 0 Å². The fraction of sp³-hybridized carbons (Fsp3) is 0.441. The van der Waals surface area contributed by atoms with Gasteiger partial charge in [0.1, 0.15) is 11.6 Å². The van der Waals surface area contributed by atoms with Gasteiger partial charge in [0.05, 0.1) is 18.0 Å². The van der Waals surface area contributed by atoms with E-state index in [1.54, 1.807) is 10.7 Å². The van der Waals surface area contributed by atoms with Gasteiger partial charge in [-0.3, -0.25) is 9.69 Å². The monoisotopic (exact) mass is 620 g/mol. The minimum atomic E-state index is -3.73. The van der Waals surface area contributed by atoms with Gasteiger partial charge in [-0.1, -0.05) is 42.5 Å². The Balaban J connectivity index is 1.38. The van der Waals surface area contributed by atoms with Crippen LogP contribution in [0.15, 0.2) is 42.5 Å². The van der Waals surface area contributed by atoms with Gasteiger partial charge in [0.2, 0.25) is 5.75 Å². The van der Waals surface area contributed by atoms with Crippen LogP contribution in [0.5, 0.6) is 17.2 Å². The van der Waals surface area contributed by atoms with Crippen molar-refractivity contribution in [3.63, 3.8) is 0 Å². The summed E-state index contributed by atoms with van der Waals surface area (Å²) in [5.74, 6) is -0.434. The number of hydrogen-bond donors (Lipinski definition) is 0. The Morgan fingerprint density at radius 2 is 1.91 bits per heavy atom. The molecule has 1 aromatic heterocycles. The summed E-state index contributed by atoms with van der Waals surface area (Å²) >= 11 is 0. The molecule has 0 spiro atoms. The molecule has 3 heterocycles. The van der Waals surface area contributed by atoms with Crippen LogP contribution in [0.3, 0.4) is 0 Å². The van der Waals surface area contributed by atoms with Crippen molar-refractivity contribution < 1.29 is 32.5 Å². The maximum atomic E-state index is 13.9. The molecule has 0 N–H and O–H groups in total. The second-order valence-electron chi connectivity index (χ2n) is 12.6. The molecule has 1 unspecified atom stereocenters. The van der Waals surface area contributed by atoms with E-state index in [1.165, 1.54) is 13.2 Å². The van der Waals surface area contributed by atoms with Crippen molar-refractivity contribution in [2.24, 2.45) is 12.5 Å². The average Bonchev–Trinajstić information content (AvgIpc) is 3.47. The Morgan fingerprint density at radius 3 is 2.64 bits per heavy atom. The third-order valence-electron chi connectivity index (χ3n) is 9.13. The molecule has 11 heteroatoms.